The van der Waals surface area contributed by atoms with E-state index >= 15 is 0 Å². The summed E-state index contributed by atoms with van der Waals surface area (Å²) in [6.07, 6.45) is 3.49. The molecule has 164 valence electrons. The van der Waals surface area contributed by atoms with Gasteiger partial charge >= 0.3 is 0 Å². The van der Waals surface area contributed by atoms with Gasteiger partial charge in [-0.1, -0.05) is 47.8 Å². The van der Waals surface area contributed by atoms with Gasteiger partial charge < -0.3 is 15.1 Å². The highest BCUT2D eigenvalue weighted by Crippen LogP contribution is 2.29. The molecule has 31 heavy (non-hydrogen) atoms. The first-order valence-electron chi connectivity index (χ1n) is 10.9. The SMILES string of the molecule is O=C(NC1CCCC(C(=O)N2CCN(c3ccc(Cl)c(Cl)c3)CC2)C1)c1ccccc1. The van der Waals surface area contributed by atoms with E-state index in [0.717, 1.165) is 38.0 Å². The van der Waals surface area contributed by atoms with E-state index < -0.39 is 0 Å². The Morgan fingerprint density at radius 3 is 2.35 bits per heavy atom. The van der Waals surface area contributed by atoms with Crippen LogP contribution in [0.25, 0.3) is 0 Å². The Morgan fingerprint density at radius 1 is 0.903 bits per heavy atom. The van der Waals surface area contributed by atoms with Crippen molar-refractivity contribution in [2.75, 3.05) is 31.1 Å². The lowest BCUT2D eigenvalue weighted by atomic mass is 9.84. The van der Waals surface area contributed by atoms with E-state index in [0.29, 0.717) is 35.1 Å². The molecule has 1 aliphatic heterocycles. The maximum absolute atomic E-state index is 13.2. The van der Waals surface area contributed by atoms with Gasteiger partial charge in [-0.2, -0.15) is 0 Å². The maximum atomic E-state index is 13.2. The van der Waals surface area contributed by atoms with Gasteiger partial charge in [-0.3, -0.25) is 9.59 Å². The molecule has 1 heterocycles. The van der Waals surface area contributed by atoms with Gasteiger partial charge in [0.15, 0.2) is 0 Å². The van der Waals surface area contributed by atoms with Gasteiger partial charge in [0.25, 0.3) is 5.91 Å². The highest BCUT2D eigenvalue weighted by Gasteiger charge is 2.32. The Kier molecular flexibility index (Phi) is 7.03. The zero-order chi connectivity index (χ0) is 21.8. The quantitative estimate of drug-likeness (QED) is 0.724. The summed E-state index contributed by atoms with van der Waals surface area (Å²) in [5.41, 5.74) is 1.69. The zero-order valence-electron chi connectivity index (χ0n) is 17.4. The summed E-state index contributed by atoms with van der Waals surface area (Å²) < 4.78 is 0. The Hall–Kier alpha value is -2.24. The summed E-state index contributed by atoms with van der Waals surface area (Å²) in [4.78, 5) is 29.8. The minimum absolute atomic E-state index is 0.0219. The molecule has 4 rings (SSSR count). The fourth-order valence-electron chi connectivity index (χ4n) is 4.53. The first kappa shape index (κ1) is 22.0. The van der Waals surface area contributed by atoms with Crippen LogP contribution in [0.5, 0.6) is 0 Å². The van der Waals surface area contributed by atoms with E-state index in [-0.39, 0.29) is 23.8 Å². The monoisotopic (exact) mass is 459 g/mol. The lowest BCUT2D eigenvalue weighted by Crippen LogP contribution is -2.51. The van der Waals surface area contributed by atoms with Crippen LogP contribution in [0.2, 0.25) is 10.0 Å². The van der Waals surface area contributed by atoms with E-state index in [9.17, 15) is 9.59 Å². The Bertz CT molecular complexity index is 930. The number of amides is 2. The van der Waals surface area contributed by atoms with Crippen molar-refractivity contribution in [3.63, 3.8) is 0 Å². The molecule has 2 fully saturated rings. The first-order valence-corrected chi connectivity index (χ1v) is 11.6. The fourth-order valence-corrected chi connectivity index (χ4v) is 4.82. The number of rotatable bonds is 4. The number of nitrogens with zero attached hydrogens (tertiary/aromatic N) is 2. The number of hydrogen-bond donors (Lipinski definition) is 1. The predicted molar refractivity (Wildman–Crippen MR) is 125 cm³/mol. The molecule has 0 spiro atoms. The van der Waals surface area contributed by atoms with Gasteiger partial charge in [0.05, 0.1) is 10.0 Å². The third-order valence-electron chi connectivity index (χ3n) is 6.25. The third-order valence-corrected chi connectivity index (χ3v) is 6.99. The molecule has 2 unspecified atom stereocenters. The third kappa shape index (κ3) is 5.34. The maximum Gasteiger partial charge on any atom is 0.251 e. The van der Waals surface area contributed by atoms with Crippen LogP contribution in [0.15, 0.2) is 48.5 Å². The average molecular weight is 460 g/mol. The van der Waals surface area contributed by atoms with Crippen LogP contribution in [0.4, 0.5) is 5.69 Å². The smallest absolute Gasteiger partial charge is 0.251 e. The van der Waals surface area contributed by atoms with Crippen molar-refractivity contribution >= 4 is 40.7 Å². The van der Waals surface area contributed by atoms with Crippen LogP contribution < -0.4 is 10.2 Å². The lowest BCUT2D eigenvalue weighted by Gasteiger charge is -2.39. The lowest BCUT2D eigenvalue weighted by molar-refractivity contribution is -0.137. The van der Waals surface area contributed by atoms with Crippen molar-refractivity contribution in [1.29, 1.82) is 0 Å². The van der Waals surface area contributed by atoms with Crippen molar-refractivity contribution in [1.82, 2.24) is 10.2 Å². The number of anilines is 1. The average Bonchev–Trinajstić information content (AvgIpc) is 2.81. The molecule has 1 aliphatic carbocycles. The van der Waals surface area contributed by atoms with E-state index in [2.05, 4.69) is 10.2 Å². The normalized spacial score (nSPS) is 21.6. The standard InChI is InChI=1S/C24H27Cl2N3O2/c25-21-10-9-20(16-22(21)26)28-11-13-29(14-12-28)24(31)18-7-4-8-19(15-18)27-23(30)17-5-2-1-3-6-17/h1-3,5-6,9-10,16,18-19H,4,7-8,11-15H2,(H,27,30). The molecule has 1 saturated heterocycles. The number of hydrogen-bond acceptors (Lipinski definition) is 3. The number of carbonyl (C=O) groups is 2. The van der Waals surface area contributed by atoms with E-state index in [1.165, 1.54) is 0 Å². The minimum Gasteiger partial charge on any atom is -0.368 e. The predicted octanol–water partition coefficient (Wildman–Crippen LogP) is 4.63. The molecule has 2 aliphatic rings. The number of benzene rings is 2. The van der Waals surface area contributed by atoms with Crippen molar-refractivity contribution in [2.24, 2.45) is 5.92 Å². The first-order chi connectivity index (χ1) is 15.0. The molecule has 0 aromatic heterocycles. The second-order valence-corrected chi connectivity index (χ2v) is 9.13. The highest BCUT2D eigenvalue weighted by molar-refractivity contribution is 6.42. The Labute approximate surface area is 193 Å². The summed E-state index contributed by atoms with van der Waals surface area (Å²) in [7, 11) is 0. The second kappa shape index (κ2) is 9.92. The largest absolute Gasteiger partial charge is 0.368 e. The Balaban J connectivity index is 1.30. The molecule has 0 radical (unpaired) electrons. The summed E-state index contributed by atoms with van der Waals surface area (Å²) >= 11 is 12.2. The second-order valence-electron chi connectivity index (χ2n) is 8.31. The van der Waals surface area contributed by atoms with E-state index in [1.54, 1.807) is 0 Å². The van der Waals surface area contributed by atoms with Crippen molar-refractivity contribution in [2.45, 2.75) is 31.7 Å². The van der Waals surface area contributed by atoms with Gasteiger partial charge in [-0.25, -0.2) is 0 Å². The molecular formula is C24H27Cl2N3O2. The summed E-state index contributed by atoms with van der Waals surface area (Å²) in [5.74, 6) is 0.132. The van der Waals surface area contributed by atoms with E-state index in [1.807, 2.05) is 53.4 Å². The number of nitrogens with one attached hydrogen (secondary N) is 1. The van der Waals surface area contributed by atoms with Crippen LogP contribution in [0.3, 0.4) is 0 Å². The molecule has 2 aromatic carbocycles. The molecular weight excluding hydrogens is 433 g/mol. The highest BCUT2D eigenvalue weighted by atomic mass is 35.5. The molecule has 2 amide bonds. The number of carbonyl (C=O) groups excluding carboxylic acids is 2. The van der Waals surface area contributed by atoms with Crippen molar-refractivity contribution in [3.05, 3.63) is 64.1 Å². The fraction of sp³-hybridized carbons (Fsp3) is 0.417. The van der Waals surface area contributed by atoms with Crippen LogP contribution in [-0.4, -0.2) is 48.9 Å². The van der Waals surface area contributed by atoms with E-state index in [4.69, 9.17) is 23.2 Å². The topological polar surface area (TPSA) is 52.7 Å². The minimum atomic E-state index is -0.0612. The number of halogens is 2. The summed E-state index contributed by atoms with van der Waals surface area (Å²) in [6.45, 7) is 2.92. The Morgan fingerprint density at radius 2 is 1.65 bits per heavy atom. The molecule has 1 saturated carbocycles. The van der Waals surface area contributed by atoms with Gasteiger partial charge in [0.1, 0.15) is 0 Å². The van der Waals surface area contributed by atoms with Crippen LogP contribution in [-0.2, 0) is 4.79 Å². The van der Waals surface area contributed by atoms with Crippen LogP contribution >= 0.6 is 23.2 Å². The molecule has 7 heteroatoms. The van der Waals surface area contributed by atoms with Gasteiger partial charge in [0.2, 0.25) is 5.91 Å². The van der Waals surface area contributed by atoms with Crippen molar-refractivity contribution < 1.29 is 9.59 Å². The molecule has 5 nitrogen and oxygen atoms in total. The molecule has 1 N–H and O–H groups in total. The molecule has 2 atom stereocenters. The van der Waals surface area contributed by atoms with Gasteiger partial charge in [0, 0.05) is 49.4 Å². The van der Waals surface area contributed by atoms with Crippen LogP contribution in [0, 0.1) is 5.92 Å². The summed E-state index contributed by atoms with van der Waals surface area (Å²) in [6, 6.07) is 14.9. The number of piperazine rings is 1. The molecule has 0 bridgehead atoms. The van der Waals surface area contributed by atoms with Crippen LogP contribution in [0.1, 0.15) is 36.0 Å². The van der Waals surface area contributed by atoms with Crippen molar-refractivity contribution in [3.8, 4) is 0 Å². The van der Waals surface area contributed by atoms with Gasteiger partial charge in [-0.15, -0.1) is 0 Å². The molecule has 2 aromatic rings. The zero-order valence-corrected chi connectivity index (χ0v) is 18.9. The summed E-state index contributed by atoms with van der Waals surface area (Å²) in [5, 5.41) is 4.21. The van der Waals surface area contributed by atoms with Gasteiger partial charge in [-0.05, 0) is 49.6 Å².